The van der Waals surface area contributed by atoms with Crippen molar-refractivity contribution in [3.05, 3.63) is 12.2 Å². The molecular formula is C14H26N2. The molecule has 0 aliphatic heterocycles. The molecule has 0 amide bonds. The topological polar surface area (TPSA) is 49.8 Å². The van der Waals surface area contributed by atoms with Crippen LogP contribution in [-0.2, 0) is 0 Å². The molecule has 0 fully saturated rings. The summed E-state index contributed by atoms with van der Waals surface area (Å²) in [6, 6.07) is 2.17. The molecular weight excluding hydrogens is 196 g/mol. The lowest BCUT2D eigenvalue weighted by molar-refractivity contribution is 0.264. The summed E-state index contributed by atoms with van der Waals surface area (Å²) in [4.78, 5) is 0. The zero-order chi connectivity index (χ0) is 12.6. The minimum atomic E-state index is -0.477. The number of hydrogen-bond acceptors (Lipinski definition) is 2. The Morgan fingerprint density at radius 3 is 2.06 bits per heavy atom. The van der Waals surface area contributed by atoms with E-state index in [9.17, 15) is 0 Å². The Morgan fingerprint density at radius 2 is 1.75 bits per heavy atom. The van der Waals surface area contributed by atoms with Crippen LogP contribution in [0.15, 0.2) is 12.2 Å². The molecule has 0 aliphatic rings. The molecule has 0 saturated carbocycles. The highest BCUT2D eigenvalue weighted by Crippen LogP contribution is 2.33. The average molecular weight is 222 g/mol. The van der Waals surface area contributed by atoms with Crippen LogP contribution in [0, 0.1) is 17.2 Å². The Labute approximate surface area is 101 Å². The van der Waals surface area contributed by atoms with E-state index in [0.717, 1.165) is 38.5 Å². The molecule has 0 bridgehead atoms. The van der Waals surface area contributed by atoms with Crippen molar-refractivity contribution in [1.82, 2.24) is 0 Å². The predicted octanol–water partition coefficient (Wildman–Crippen LogP) is 3.78. The van der Waals surface area contributed by atoms with Crippen molar-refractivity contribution >= 4 is 0 Å². The van der Waals surface area contributed by atoms with E-state index in [1.165, 1.54) is 0 Å². The Balaban J connectivity index is 4.95. The molecule has 0 aromatic carbocycles. The molecule has 0 aromatic heterocycles. The highest BCUT2D eigenvalue weighted by atomic mass is 14.8. The maximum atomic E-state index is 9.05. The average Bonchev–Trinajstić information content (AvgIpc) is 2.27. The minimum absolute atomic E-state index is 0.398. The van der Waals surface area contributed by atoms with Crippen molar-refractivity contribution in [3.8, 4) is 6.07 Å². The van der Waals surface area contributed by atoms with Gasteiger partial charge in [0.1, 0.15) is 0 Å². The van der Waals surface area contributed by atoms with E-state index in [0.29, 0.717) is 11.5 Å². The smallest absolute Gasteiger partial charge is 0.0960 e. The number of hydrogen-bond donors (Lipinski definition) is 1. The molecule has 0 heterocycles. The monoisotopic (exact) mass is 222 g/mol. The maximum Gasteiger partial charge on any atom is 0.0960 e. The minimum Gasteiger partial charge on any atom is -0.321 e. The molecule has 16 heavy (non-hydrogen) atoms. The van der Waals surface area contributed by atoms with E-state index in [1.807, 2.05) is 0 Å². The van der Waals surface area contributed by atoms with Gasteiger partial charge < -0.3 is 5.73 Å². The van der Waals surface area contributed by atoms with Crippen LogP contribution in [0.3, 0.4) is 0 Å². The third-order valence-electron chi connectivity index (χ3n) is 3.36. The Morgan fingerprint density at radius 1 is 1.25 bits per heavy atom. The summed E-state index contributed by atoms with van der Waals surface area (Å²) >= 11 is 0. The van der Waals surface area contributed by atoms with Crippen LogP contribution < -0.4 is 5.73 Å². The molecule has 2 nitrogen and oxygen atoms in total. The first kappa shape index (κ1) is 15.2. The summed E-state index contributed by atoms with van der Waals surface area (Å²) < 4.78 is 0. The van der Waals surface area contributed by atoms with Gasteiger partial charge in [-0.25, -0.2) is 0 Å². The molecule has 0 radical (unpaired) electrons. The Bertz CT molecular complexity index is 246. The van der Waals surface area contributed by atoms with Crippen LogP contribution in [0.5, 0.6) is 0 Å². The van der Waals surface area contributed by atoms with Crippen LogP contribution in [0.1, 0.15) is 59.3 Å². The molecule has 0 aliphatic carbocycles. The van der Waals surface area contributed by atoms with Crippen molar-refractivity contribution in [3.63, 3.8) is 0 Å². The van der Waals surface area contributed by atoms with Crippen LogP contribution in [0.25, 0.3) is 0 Å². The van der Waals surface area contributed by atoms with Crippen molar-refractivity contribution in [2.45, 2.75) is 64.8 Å². The van der Waals surface area contributed by atoms with Crippen LogP contribution in [0.2, 0.25) is 0 Å². The summed E-state index contributed by atoms with van der Waals surface area (Å²) in [5, 5.41) is 9.05. The second kappa shape index (κ2) is 7.46. The van der Waals surface area contributed by atoms with Crippen molar-refractivity contribution in [2.75, 3.05) is 0 Å². The zero-order valence-electron chi connectivity index (χ0n) is 11.1. The summed E-state index contributed by atoms with van der Waals surface area (Å²) in [5.41, 5.74) is 6.54. The highest BCUT2D eigenvalue weighted by Gasteiger charge is 2.35. The van der Waals surface area contributed by atoms with E-state index in [2.05, 4.69) is 33.4 Å². The summed E-state index contributed by atoms with van der Waals surface area (Å²) in [6.45, 7) is 10.3. The predicted molar refractivity (Wildman–Crippen MR) is 69.9 cm³/mol. The van der Waals surface area contributed by atoms with Gasteiger partial charge in [0.05, 0.1) is 11.6 Å². The largest absolute Gasteiger partial charge is 0.321 e. The molecule has 1 unspecified atom stereocenters. The third kappa shape index (κ3) is 3.64. The molecule has 0 saturated heterocycles. The molecule has 92 valence electrons. The lowest BCUT2D eigenvalue weighted by atomic mass is 9.72. The first-order valence-corrected chi connectivity index (χ1v) is 6.45. The van der Waals surface area contributed by atoms with Crippen molar-refractivity contribution in [2.24, 2.45) is 11.7 Å². The van der Waals surface area contributed by atoms with E-state index >= 15 is 0 Å². The van der Waals surface area contributed by atoms with Gasteiger partial charge >= 0.3 is 0 Å². The maximum absolute atomic E-state index is 9.05. The van der Waals surface area contributed by atoms with Gasteiger partial charge in [-0.3, -0.25) is 0 Å². The fraction of sp³-hybridized carbons (Fsp3) is 0.786. The van der Waals surface area contributed by atoms with Gasteiger partial charge in [-0.15, -0.1) is 0 Å². The van der Waals surface area contributed by atoms with Crippen LogP contribution >= 0.6 is 0 Å². The third-order valence-corrected chi connectivity index (χ3v) is 3.36. The molecule has 0 aromatic rings. The summed E-state index contributed by atoms with van der Waals surface area (Å²) in [5.74, 6) is 0.398. The SMILES string of the molecule is C=C(C#N)C(N)(CCC)C(CCC)CCC. The molecule has 0 rings (SSSR count). The van der Waals surface area contributed by atoms with Gasteiger partial charge in [0.25, 0.3) is 0 Å². The van der Waals surface area contributed by atoms with Crippen molar-refractivity contribution in [1.29, 1.82) is 5.26 Å². The zero-order valence-corrected chi connectivity index (χ0v) is 11.1. The quantitative estimate of drug-likeness (QED) is 0.635. The fourth-order valence-corrected chi connectivity index (χ4v) is 2.48. The molecule has 2 heteroatoms. The van der Waals surface area contributed by atoms with E-state index < -0.39 is 5.54 Å². The molecule has 1 atom stereocenters. The number of nitrogens with zero attached hydrogens (tertiary/aromatic N) is 1. The second-order valence-corrected chi connectivity index (χ2v) is 4.65. The van der Waals surface area contributed by atoms with Gasteiger partial charge in [0, 0.05) is 5.57 Å². The van der Waals surface area contributed by atoms with Gasteiger partial charge in [-0.05, 0) is 25.2 Å². The van der Waals surface area contributed by atoms with Gasteiger partial charge in [0.2, 0.25) is 0 Å². The first-order chi connectivity index (χ1) is 7.56. The molecule has 2 N–H and O–H groups in total. The van der Waals surface area contributed by atoms with Gasteiger partial charge in [0.15, 0.2) is 0 Å². The summed E-state index contributed by atoms with van der Waals surface area (Å²) in [7, 11) is 0. The first-order valence-electron chi connectivity index (χ1n) is 6.45. The Hall–Kier alpha value is -0.810. The normalized spacial score (nSPS) is 14.5. The van der Waals surface area contributed by atoms with E-state index in [1.54, 1.807) is 0 Å². The van der Waals surface area contributed by atoms with Gasteiger partial charge in [-0.2, -0.15) is 5.26 Å². The summed E-state index contributed by atoms with van der Waals surface area (Å²) in [6.07, 6.45) is 6.28. The van der Waals surface area contributed by atoms with E-state index in [4.69, 9.17) is 11.0 Å². The lowest BCUT2D eigenvalue weighted by Crippen LogP contribution is -2.48. The number of nitrogens with two attached hydrogens (primary N) is 1. The second-order valence-electron chi connectivity index (χ2n) is 4.65. The van der Waals surface area contributed by atoms with Gasteiger partial charge in [-0.1, -0.05) is 46.6 Å². The van der Waals surface area contributed by atoms with E-state index in [-0.39, 0.29) is 0 Å². The van der Waals surface area contributed by atoms with Crippen LogP contribution in [-0.4, -0.2) is 5.54 Å². The number of rotatable bonds is 8. The highest BCUT2D eigenvalue weighted by molar-refractivity contribution is 5.31. The van der Waals surface area contributed by atoms with Crippen molar-refractivity contribution < 1.29 is 0 Å². The molecule has 0 spiro atoms. The standard InChI is InChI=1S/C14H26N2/c1-5-8-13(9-6-2)14(16,10-7-3)12(4)11-15/h13H,4-10,16H2,1-3H3. The van der Waals surface area contributed by atoms with Crippen LogP contribution in [0.4, 0.5) is 0 Å². The number of nitriles is 1. The fourth-order valence-electron chi connectivity index (χ4n) is 2.48. The Kier molecular flexibility index (Phi) is 7.08. The lowest BCUT2D eigenvalue weighted by Gasteiger charge is -2.37.